The van der Waals surface area contributed by atoms with E-state index in [4.69, 9.17) is 5.73 Å². The van der Waals surface area contributed by atoms with Gasteiger partial charge in [-0.2, -0.15) is 0 Å². The van der Waals surface area contributed by atoms with Gasteiger partial charge in [-0.3, -0.25) is 0 Å². The molecule has 0 aliphatic heterocycles. The van der Waals surface area contributed by atoms with Crippen molar-refractivity contribution in [2.24, 2.45) is 5.73 Å². The van der Waals surface area contributed by atoms with Crippen molar-refractivity contribution in [1.82, 2.24) is 9.97 Å². The third-order valence-corrected chi connectivity index (χ3v) is 2.79. The van der Waals surface area contributed by atoms with Crippen LogP contribution in [0.2, 0.25) is 0 Å². The van der Waals surface area contributed by atoms with E-state index in [0.29, 0.717) is 5.92 Å². The van der Waals surface area contributed by atoms with E-state index in [-0.39, 0.29) is 0 Å². The Hall–Kier alpha value is -0.610. The van der Waals surface area contributed by atoms with Gasteiger partial charge in [-0.1, -0.05) is 11.8 Å². The van der Waals surface area contributed by atoms with Gasteiger partial charge >= 0.3 is 0 Å². The Morgan fingerprint density at radius 2 is 2.58 bits per heavy atom. The molecule has 0 radical (unpaired) electrons. The van der Waals surface area contributed by atoms with Gasteiger partial charge in [-0.05, 0) is 24.8 Å². The van der Waals surface area contributed by atoms with Gasteiger partial charge in [0.05, 0.1) is 0 Å². The average molecular weight is 181 g/mol. The van der Waals surface area contributed by atoms with Crippen LogP contribution in [0.3, 0.4) is 0 Å². The Kier molecular flexibility index (Phi) is 2.02. The first-order valence-corrected chi connectivity index (χ1v) is 5.17. The van der Waals surface area contributed by atoms with Gasteiger partial charge in [0.1, 0.15) is 0 Å². The monoisotopic (exact) mass is 181 g/mol. The summed E-state index contributed by atoms with van der Waals surface area (Å²) in [5.41, 5.74) is 7.99. The largest absolute Gasteiger partial charge is 0.330 e. The molecule has 0 saturated heterocycles. The number of thioether (sulfide) groups is 1. The molecular formula is C8H11N3S. The molecule has 12 heavy (non-hydrogen) atoms. The summed E-state index contributed by atoms with van der Waals surface area (Å²) < 4.78 is 0. The molecule has 1 aromatic heterocycles. The zero-order valence-electron chi connectivity index (χ0n) is 6.95. The first-order chi connectivity index (χ1) is 5.85. The highest BCUT2D eigenvalue weighted by molar-refractivity contribution is 7.98. The topological polar surface area (TPSA) is 51.8 Å². The molecule has 4 heteroatoms. The van der Waals surface area contributed by atoms with Crippen LogP contribution in [0.15, 0.2) is 11.4 Å². The molecule has 0 bridgehead atoms. The first-order valence-electron chi connectivity index (χ1n) is 3.95. The summed E-state index contributed by atoms with van der Waals surface area (Å²) in [6.45, 7) is 0.717. The predicted octanol–water partition coefficient (Wildman–Crippen LogP) is 0.797. The van der Waals surface area contributed by atoms with Crippen LogP contribution in [-0.4, -0.2) is 22.8 Å². The van der Waals surface area contributed by atoms with Crippen LogP contribution < -0.4 is 5.73 Å². The summed E-state index contributed by atoms with van der Waals surface area (Å²) in [4.78, 5) is 8.58. The number of hydrogen-bond acceptors (Lipinski definition) is 4. The van der Waals surface area contributed by atoms with E-state index in [1.807, 2.05) is 12.5 Å². The highest BCUT2D eigenvalue weighted by Gasteiger charge is 2.26. The number of hydrogen-bond donors (Lipinski definition) is 1. The summed E-state index contributed by atoms with van der Waals surface area (Å²) in [5, 5.41) is 0.865. The summed E-state index contributed by atoms with van der Waals surface area (Å²) in [7, 11) is 0. The van der Waals surface area contributed by atoms with E-state index in [1.165, 1.54) is 11.3 Å². The Labute approximate surface area is 75.8 Å². The lowest BCUT2D eigenvalue weighted by Crippen LogP contribution is -2.26. The van der Waals surface area contributed by atoms with Crippen LogP contribution >= 0.6 is 11.8 Å². The molecule has 64 valence electrons. The maximum atomic E-state index is 5.56. The molecule has 0 amide bonds. The summed E-state index contributed by atoms with van der Waals surface area (Å²) in [6.07, 6.45) is 4.93. The molecule has 2 rings (SSSR count). The number of nitrogens with zero attached hydrogens (tertiary/aromatic N) is 2. The molecular weight excluding hydrogens is 170 g/mol. The van der Waals surface area contributed by atoms with E-state index < -0.39 is 0 Å². The third-order valence-electron chi connectivity index (χ3n) is 2.22. The minimum Gasteiger partial charge on any atom is -0.330 e. The molecule has 0 saturated carbocycles. The normalized spacial score (nSPS) is 20.0. The number of rotatable bonds is 2. The lowest BCUT2D eigenvalue weighted by atomic mass is 9.82. The minimum absolute atomic E-state index is 0.510. The molecule has 2 N–H and O–H groups in total. The average Bonchev–Trinajstić information content (AvgIpc) is 2.07. The van der Waals surface area contributed by atoms with Gasteiger partial charge in [-0.25, -0.2) is 9.97 Å². The molecule has 1 aliphatic rings. The van der Waals surface area contributed by atoms with Crippen LogP contribution in [-0.2, 0) is 6.42 Å². The lowest BCUT2D eigenvalue weighted by Gasteiger charge is -2.27. The maximum absolute atomic E-state index is 5.56. The number of nitrogens with two attached hydrogens (primary N) is 1. The van der Waals surface area contributed by atoms with E-state index >= 15 is 0 Å². The van der Waals surface area contributed by atoms with Crippen LogP contribution in [0.4, 0.5) is 0 Å². The molecule has 1 unspecified atom stereocenters. The molecule has 0 fully saturated rings. The van der Waals surface area contributed by atoms with Crippen molar-refractivity contribution < 1.29 is 0 Å². The van der Waals surface area contributed by atoms with Gasteiger partial charge < -0.3 is 5.73 Å². The summed E-state index contributed by atoms with van der Waals surface area (Å²) in [5.74, 6) is 0.510. The van der Waals surface area contributed by atoms with Crippen molar-refractivity contribution in [2.45, 2.75) is 17.5 Å². The highest BCUT2D eigenvalue weighted by atomic mass is 32.2. The highest BCUT2D eigenvalue weighted by Crippen LogP contribution is 2.32. The standard InChI is InChI=1S/C8H11N3S/c1-12-8-10-4-6-5(3-9)2-7(6)11-8/h4-5H,2-3,9H2,1H3. The van der Waals surface area contributed by atoms with Crippen molar-refractivity contribution in [1.29, 1.82) is 0 Å². The van der Waals surface area contributed by atoms with Gasteiger partial charge in [0.15, 0.2) is 5.16 Å². The van der Waals surface area contributed by atoms with Crippen LogP contribution in [0.5, 0.6) is 0 Å². The van der Waals surface area contributed by atoms with E-state index in [2.05, 4.69) is 9.97 Å². The fourth-order valence-electron chi connectivity index (χ4n) is 1.43. The fourth-order valence-corrected chi connectivity index (χ4v) is 1.79. The molecule has 0 spiro atoms. The fraction of sp³-hybridized carbons (Fsp3) is 0.500. The molecule has 1 aliphatic carbocycles. The summed E-state index contributed by atoms with van der Waals surface area (Å²) in [6, 6.07) is 0. The van der Waals surface area contributed by atoms with Gasteiger partial charge in [0, 0.05) is 17.8 Å². The molecule has 0 aromatic carbocycles. The lowest BCUT2D eigenvalue weighted by molar-refractivity contribution is 0.578. The van der Waals surface area contributed by atoms with Gasteiger partial charge in [0.25, 0.3) is 0 Å². The molecule has 1 heterocycles. The first kappa shape index (κ1) is 8.01. The second-order valence-corrected chi connectivity index (χ2v) is 3.67. The SMILES string of the molecule is CSc1ncc2c(n1)CC2CN. The summed E-state index contributed by atoms with van der Waals surface area (Å²) >= 11 is 1.58. The van der Waals surface area contributed by atoms with Crippen molar-refractivity contribution >= 4 is 11.8 Å². The van der Waals surface area contributed by atoms with Gasteiger partial charge in [-0.15, -0.1) is 0 Å². The van der Waals surface area contributed by atoms with Gasteiger partial charge in [0.2, 0.25) is 0 Å². The Morgan fingerprint density at radius 3 is 3.17 bits per heavy atom. The minimum atomic E-state index is 0.510. The third kappa shape index (κ3) is 1.11. The van der Waals surface area contributed by atoms with Crippen LogP contribution in [0.25, 0.3) is 0 Å². The van der Waals surface area contributed by atoms with Crippen molar-refractivity contribution in [2.75, 3.05) is 12.8 Å². The molecule has 3 nitrogen and oxygen atoms in total. The van der Waals surface area contributed by atoms with E-state index in [9.17, 15) is 0 Å². The van der Waals surface area contributed by atoms with Crippen LogP contribution in [0.1, 0.15) is 17.2 Å². The quantitative estimate of drug-likeness (QED) is 0.541. The Bertz CT molecular complexity index is 300. The number of aromatic nitrogens is 2. The molecule has 1 atom stereocenters. The molecule has 1 aromatic rings. The predicted molar refractivity (Wildman–Crippen MR) is 49.3 cm³/mol. The smallest absolute Gasteiger partial charge is 0.187 e. The Morgan fingerprint density at radius 1 is 1.75 bits per heavy atom. The van der Waals surface area contributed by atoms with Crippen molar-refractivity contribution in [3.05, 3.63) is 17.5 Å². The maximum Gasteiger partial charge on any atom is 0.187 e. The van der Waals surface area contributed by atoms with E-state index in [1.54, 1.807) is 11.8 Å². The van der Waals surface area contributed by atoms with Crippen LogP contribution in [0, 0.1) is 0 Å². The zero-order valence-corrected chi connectivity index (χ0v) is 7.77. The zero-order chi connectivity index (χ0) is 8.55. The van der Waals surface area contributed by atoms with Crippen molar-refractivity contribution in [3.63, 3.8) is 0 Å². The van der Waals surface area contributed by atoms with Crippen molar-refractivity contribution in [3.8, 4) is 0 Å². The second-order valence-electron chi connectivity index (χ2n) is 2.90. The Balaban J connectivity index is 2.28. The second kappa shape index (κ2) is 3.03. The van der Waals surface area contributed by atoms with E-state index in [0.717, 1.165) is 18.1 Å². The number of fused-ring (bicyclic) bond motifs is 1.